The van der Waals surface area contributed by atoms with Gasteiger partial charge in [-0.05, 0) is 45.6 Å². The van der Waals surface area contributed by atoms with Crippen molar-refractivity contribution >= 4 is 0 Å². The fraction of sp³-hybridized carbons (Fsp3) is 0.824. The summed E-state index contributed by atoms with van der Waals surface area (Å²) in [5, 5.41) is 7.98. The van der Waals surface area contributed by atoms with Gasteiger partial charge in [0.1, 0.15) is 0 Å². The fourth-order valence-electron chi connectivity index (χ4n) is 4.36. The largest absolute Gasteiger partial charge is 0.375 e. The Hall–Kier alpha value is -0.870. The second-order valence-electron chi connectivity index (χ2n) is 6.92. The monoisotopic (exact) mass is 291 g/mol. The summed E-state index contributed by atoms with van der Waals surface area (Å²) < 4.78 is 8.24. The van der Waals surface area contributed by atoms with Crippen molar-refractivity contribution in [2.45, 2.75) is 63.5 Å². The highest BCUT2D eigenvalue weighted by Gasteiger charge is 2.41. The molecule has 1 saturated heterocycles. The van der Waals surface area contributed by atoms with Crippen molar-refractivity contribution in [2.24, 2.45) is 13.0 Å². The van der Waals surface area contributed by atoms with Crippen LogP contribution in [0.15, 0.2) is 6.20 Å². The van der Waals surface area contributed by atoms with Crippen LogP contribution in [0.1, 0.15) is 62.2 Å². The molecule has 1 aliphatic carbocycles. The van der Waals surface area contributed by atoms with Crippen molar-refractivity contribution < 1.29 is 4.74 Å². The van der Waals surface area contributed by atoms with Gasteiger partial charge in [0, 0.05) is 31.0 Å². The first kappa shape index (κ1) is 15.0. The first-order valence-electron chi connectivity index (χ1n) is 8.45. The molecule has 2 atom stereocenters. The SMILES string of the molecule is CNC(c1cnn(C)c1C)C1CCOC2(CCCCC2)C1. The van der Waals surface area contributed by atoms with Crippen LogP contribution in [-0.4, -0.2) is 29.0 Å². The van der Waals surface area contributed by atoms with Gasteiger partial charge in [-0.2, -0.15) is 5.10 Å². The van der Waals surface area contributed by atoms with Crippen LogP contribution in [-0.2, 0) is 11.8 Å². The van der Waals surface area contributed by atoms with Crippen molar-refractivity contribution in [3.8, 4) is 0 Å². The number of nitrogens with one attached hydrogen (secondary N) is 1. The smallest absolute Gasteiger partial charge is 0.0686 e. The minimum absolute atomic E-state index is 0.173. The van der Waals surface area contributed by atoms with Crippen LogP contribution in [0.4, 0.5) is 0 Å². The number of aryl methyl sites for hydroxylation is 1. The second kappa shape index (κ2) is 6.09. The highest BCUT2D eigenvalue weighted by Crippen LogP contribution is 2.44. The average Bonchev–Trinajstić information content (AvgIpc) is 2.82. The third kappa shape index (κ3) is 2.88. The molecule has 0 aromatic carbocycles. The van der Waals surface area contributed by atoms with E-state index < -0.39 is 0 Å². The molecule has 21 heavy (non-hydrogen) atoms. The zero-order chi connectivity index (χ0) is 14.9. The molecule has 0 radical (unpaired) electrons. The number of hydrogen-bond donors (Lipinski definition) is 1. The van der Waals surface area contributed by atoms with Gasteiger partial charge >= 0.3 is 0 Å². The van der Waals surface area contributed by atoms with Gasteiger partial charge in [-0.15, -0.1) is 0 Å². The van der Waals surface area contributed by atoms with Crippen LogP contribution in [0, 0.1) is 12.8 Å². The second-order valence-corrected chi connectivity index (χ2v) is 6.92. The van der Waals surface area contributed by atoms with Crippen molar-refractivity contribution in [1.82, 2.24) is 15.1 Å². The standard InChI is InChI=1S/C17H29N3O/c1-13-15(12-19-20(13)3)16(18-2)14-7-10-21-17(11-14)8-5-4-6-9-17/h12,14,16,18H,4-11H2,1-3H3. The zero-order valence-corrected chi connectivity index (χ0v) is 13.7. The molecule has 4 nitrogen and oxygen atoms in total. The maximum absolute atomic E-state index is 6.25. The van der Waals surface area contributed by atoms with Crippen molar-refractivity contribution in [3.05, 3.63) is 17.5 Å². The van der Waals surface area contributed by atoms with Crippen LogP contribution < -0.4 is 5.32 Å². The van der Waals surface area contributed by atoms with E-state index >= 15 is 0 Å². The molecule has 1 aromatic rings. The van der Waals surface area contributed by atoms with Crippen LogP contribution in [0.3, 0.4) is 0 Å². The van der Waals surface area contributed by atoms with E-state index in [0.29, 0.717) is 12.0 Å². The fourth-order valence-corrected chi connectivity index (χ4v) is 4.36. The van der Waals surface area contributed by atoms with E-state index in [4.69, 9.17) is 4.74 Å². The quantitative estimate of drug-likeness (QED) is 0.930. The van der Waals surface area contributed by atoms with Gasteiger partial charge in [-0.25, -0.2) is 0 Å². The minimum Gasteiger partial charge on any atom is -0.375 e. The van der Waals surface area contributed by atoms with E-state index in [0.717, 1.165) is 13.0 Å². The maximum Gasteiger partial charge on any atom is 0.0686 e. The van der Waals surface area contributed by atoms with Gasteiger partial charge in [0.2, 0.25) is 0 Å². The van der Waals surface area contributed by atoms with Gasteiger partial charge in [-0.3, -0.25) is 4.68 Å². The van der Waals surface area contributed by atoms with Crippen LogP contribution >= 0.6 is 0 Å². The Kier molecular flexibility index (Phi) is 4.36. The molecule has 1 spiro atoms. The number of rotatable bonds is 3. The summed E-state index contributed by atoms with van der Waals surface area (Å²) >= 11 is 0. The molecule has 2 unspecified atom stereocenters. The van der Waals surface area contributed by atoms with Gasteiger partial charge in [0.15, 0.2) is 0 Å². The molecule has 2 aliphatic rings. The molecule has 4 heteroatoms. The molecular formula is C17H29N3O. The Bertz CT molecular complexity index is 471. The van der Waals surface area contributed by atoms with Crippen molar-refractivity contribution in [3.63, 3.8) is 0 Å². The minimum atomic E-state index is 0.173. The summed E-state index contributed by atoms with van der Waals surface area (Å²) in [5.41, 5.74) is 2.81. The Morgan fingerprint density at radius 1 is 1.38 bits per heavy atom. The molecule has 2 fully saturated rings. The van der Waals surface area contributed by atoms with Crippen molar-refractivity contribution in [1.29, 1.82) is 0 Å². The molecular weight excluding hydrogens is 262 g/mol. The summed E-state index contributed by atoms with van der Waals surface area (Å²) in [6.07, 6.45) is 11.0. The molecule has 1 saturated carbocycles. The first-order valence-corrected chi connectivity index (χ1v) is 8.45. The molecule has 118 valence electrons. The third-order valence-electron chi connectivity index (χ3n) is 5.69. The van der Waals surface area contributed by atoms with E-state index in [9.17, 15) is 0 Å². The zero-order valence-electron chi connectivity index (χ0n) is 13.7. The predicted octanol–water partition coefficient (Wildman–Crippen LogP) is 3.12. The van der Waals surface area contributed by atoms with Gasteiger partial charge < -0.3 is 10.1 Å². The number of nitrogens with zero attached hydrogens (tertiary/aromatic N) is 2. The highest BCUT2D eigenvalue weighted by molar-refractivity contribution is 5.22. The predicted molar refractivity (Wildman–Crippen MR) is 84.2 cm³/mol. The normalized spacial score (nSPS) is 26.9. The molecule has 0 bridgehead atoms. The van der Waals surface area contributed by atoms with Crippen molar-refractivity contribution in [2.75, 3.05) is 13.7 Å². The maximum atomic E-state index is 6.25. The summed E-state index contributed by atoms with van der Waals surface area (Å²) in [4.78, 5) is 0. The van der Waals surface area contributed by atoms with Crippen LogP contribution in [0.25, 0.3) is 0 Å². The molecule has 1 aliphatic heterocycles. The Labute approximate surface area is 128 Å². The topological polar surface area (TPSA) is 39.1 Å². The van der Waals surface area contributed by atoms with Gasteiger partial charge in [0.05, 0.1) is 11.8 Å². The molecule has 3 rings (SSSR count). The number of ether oxygens (including phenoxy) is 1. The molecule has 2 heterocycles. The molecule has 1 aromatic heterocycles. The summed E-state index contributed by atoms with van der Waals surface area (Å²) in [6, 6.07) is 0.404. The molecule has 0 amide bonds. The van der Waals surface area contributed by atoms with Gasteiger partial charge in [-0.1, -0.05) is 19.3 Å². The number of hydrogen-bond acceptors (Lipinski definition) is 3. The van der Waals surface area contributed by atoms with E-state index in [-0.39, 0.29) is 5.60 Å². The van der Waals surface area contributed by atoms with E-state index in [1.54, 1.807) is 0 Å². The Morgan fingerprint density at radius 2 is 2.14 bits per heavy atom. The lowest BCUT2D eigenvalue weighted by Crippen LogP contribution is -2.44. The Balaban J connectivity index is 1.79. The average molecular weight is 291 g/mol. The van der Waals surface area contributed by atoms with E-state index in [2.05, 4.69) is 24.4 Å². The lowest BCUT2D eigenvalue weighted by Gasteiger charge is -2.45. The van der Waals surface area contributed by atoms with E-state index in [1.807, 2.05) is 17.9 Å². The van der Waals surface area contributed by atoms with Gasteiger partial charge in [0.25, 0.3) is 0 Å². The summed E-state index contributed by atoms with van der Waals surface area (Å²) in [7, 11) is 4.11. The van der Waals surface area contributed by atoms with E-state index in [1.165, 1.54) is 49.8 Å². The summed E-state index contributed by atoms with van der Waals surface area (Å²) in [6.45, 7) is 3.09. The Morgan fingerprint density at radius 3 is 2.76 bits per heavy atom. The van der Waals surface area contributed by atoms with Crippen LogP contribution in [0.5, 0.6) is 0 Å². The third-order valence-corrected chi connectivity index (χ3v) is 5.69. The lowest BCUT2D eigenvalue weighted by molar-refractivity contribution is -0.121. The molecule has 1 N–H and O–H groups in total. The highest BCUT2D eigenvalue weighted by atomic mass is 16.5. The van der Waals surface area contributed by atoms with Crippen LogP contribution in [0.2, 0.25) is 0 Å². The number of aromatic nitrogens is 2. The summed E-state index contributed by atoms with van der Waals surface area (Å²) in [5.74, 6) is 0.657. The first-order chi connectivity index (χ1) is 10.2. The lowest BCUT2D eigenvalue weighted by atomic mass is 9.73.